The Labute approximate surface area is 178 Å². The van der Waals surface area contributed by atoms with Gasteiger partial charge in [0.2, 0.25) is 0 Å². The van der Waals surface area contributed by atoms with E-state index in [1.165, 1.54) is 37.7 Å². The third-order valence-electron chi connectivity index (χ3n) is 5.02. The van der Waals surface area contributed by atoms with Gasteiger partial charge in [0.05, 0.1) is 13.3 Å². The van der Waals surface area contributed by atoms with E-state index in [1.807, 2.05) is 18.2 Å². The van der Waals surface area contributed by atoms with Crippen molar-refractivity contribution in [3.8, 4) is 11.5 Å². The molecule has 0 amide bonds. The monoisotopic (exact) mass is 411 g/mol. The first kappa shape index (κ1) is 21.1. The van der Waals surface area contributed by atoms with Gasteiger partial charge >= 0.3 is 0 Å². The molecule has 0 heterocycles. The van der Waals surface area contributed by atoms with Gasteiger partial charge in [0.15, 0.2) is 16.6 Å². The highest BCUT2D eigenvalue weighted by Gasteiger charge is 2.13. The Morgan fingerprint density at radius 3 is 2.59 bits per heavy atom. The Kier molecular flexibility index (Phi) is 7.87. The Morgan fingerprint density at radius 1 is 1.10 bits per heavy atom. The Bertz CT molecular complexity index is 831. The number of methoxy groups -OCH3 is 1. The lowest BCUT2D eigenvalue weighted by Gasteiger charge is -2.23. The molecular formula is C23H29N3O2S. The summed E-state index contributed by atoms with van der Waals surface area (Å²) >= 11 is 5.33. The van der Waals surface area contributed by atoms with Crippen molar-refractivity contribution < 1.29 is 9.47 Å². The van der Waals surface area contributed by atoms with Gasteiger partial charge in [-0.25, -0.2) is 0 Å². The third-order valence-corrected chi connectivity index (χ3v) is 5.23. The van der Waals surface area contributed by atoms with E-state index in [1.54, 1.807) is 13.3 Å². The second kappa shape index (κ2) is 10.8. The standard InChI is InChI=1S/C23H29N3O2S/c1-17-8-10-18(11-9-17)16-28-21-13-12-19(14-22(21)27-2)15-24-26-23(29)25-20-6-4-3-5-7-20/h8-15,20H,3-7,16H2,1-2H3,(H2,25,26,29)/b24-15+. The highest BCUT2D eigenvalue weighted by molar-refractivity contribution is 7.80. The molecule has 0 spiro atoms. The largest absolute Gasteiger partial charge is 0.493 e. The molecule has 154 valence electrons. The van der Waals surface area contributed by atoms with E-state index < -0.39 is 0 Å². The number of hydrazone groups is 1. The van der Waals surface area contributed by atoms with Crippen molar-refractivity contribution in [2.75, 3.05) is 7.11 Å². The van der Waals surface area contributed by atoms with Crippen LogP contribution in [0, 0.1) is 6.92 Å². The van der Waals surface area contributed by atoms with Crippen molar-refractivity contribution in [2.45, 2.75) is 51.7 Å². The van der Waals surface area contributed by atoms with Gasteiger partial charge in [0.25, 0.3) is 0 Å². The number of nitrogens with one attached hydrogen (secondary N) is 2. The van der Waals surface area contributed by atoms with Crippen molar-refractivity contribution in [2.24, 2.45) is 5.10 Å². The molecule has 1 aliphatic carbocycles. The molecule has 3 rings (SSSR count). The van der Waals surface area contributed by atoms with Crippen LogP contribution in [0.5, 0.6) is 11.5 Å². The molecule has 0 aliphatic heterocycles. The maximum Gasteiger partial charge on any atom is 0.187 e. The van der Waals surface area contributed by atoms with Crippen molar-refractivity contribution in [3.05, 3.63) is 59.2 Å². The number of hydrogen-bond acceptors (Lipinski definition) is 4. The first-order valence-electron chi connectivity index (χ1n) is 10.1. The molecule has 0 atom stereocenters. The van der Waals surface area contributed by atoms with Gasteiger partial charge in [0.1, 0.15) is 6.61 Å². The van der Waals surface area contributed by atoms with Crippen LogP contribution < -0.4 is 20.2 Å². The van der Waals surface area contributed by atoms with Crippen LogP contribution in [0.3, 0.4) is 0 Å². The van der Waals surface area contributed by atoms with Gasteiger partial charge in [-0.15, -0.1) is 0 Å². The summed E-state index contributed by atoms with van der Waals surface area (Å²) < 4.78 is 11.4. The smallest absolute Gasteiger partial charge is 0.187 e. The van der Waals surface area contributed by atoms with Crippen molar-refractivity contribution in [1.82, 2.24) is 10.7 Å². The Morgan fingerprint density at radius 2 is 1.86 bits per heavy atom. The van der Waals surface area contributed by atoms with Crippen LogP contribution in [0.25, 0.3) is 0 Å². The van der Waals surface area contributed by atoms with Crippen LogP contribution in [0.4, 0.5) is 0 Å². The molecule has 2 aromatic rings. The molecule has 2 N–H and O–H groups in total. The summed E-state index contributed by atoms with van der Waals surface area (Å²) in [5.74, 6) is 1.37. The molecule has 0 aromatic heterocycles. The molecule has 29 heavy (non-hydrogen) atoms. The molecule has 0 unspecified atom stereocenters. The van der Waals surface area contributed by atoms with Crippen LogP contribution in [0.1, 0.15) is 48.8 Å². The second-order valence-electron chi connectivity index (χ2n) is 7.36. The van der Waals surface area contributed by atoms with Gasteiger partial charge in [-0.05, 0) is 61.3 Å². The maximum absolute atomic E-state index is 5.92. The van der Waals surface area contributed by atoms with E-state index in [-0.39, 0.29) is 0 Å². The summed E-state index contributed by atoms with van der Waals surface area (Å²) in [4.78, 5) is 0. The number of nitrogens with zero attached hydrogens (tertiary/aromatic N) is 1. The van der Waals surface area contributed by atoms with Crippen molar-refractivity contribution in [3.63, 3.8) is 0 Å². The van der Waals surface area contributed by atoms with E-state index in [9.17, 15) is 0 Å². The molecule has 2 aromatic carbocycles. The summed E-state index contributed by atoms with van der Waals surface area (Å²) in [6.45, 7) is 2.56. The normalized spacial score (nSPS) is 14.6. The van der Waals surface area contributed by atoms with Gasteiger partial charge in [-0.2, -0.15) is 5.10 Å². The van der Waals surface area contributed by atoms with Crippen molar-refractivity contribution in [1.29, 1.82) is 0 Å². The lowest BCUT2D eigenvalue weighted by Crippen LogP contribution is -2.40. The van der Waals surface area contributed by atoms with Crippen LogP contribution in [-0.4, -0.2) is 24.5 Å². The zero-order valence-corrected chi connectivity index (χ0v) is 17.9. The first-order chi connectivity index (χ1) is 14.1. The van der Waals surface area contributed by atoms with Crippen molar-refractivity contribution >= 4 is 23.5 Å². The molecule has 0 saturated heterocycles. The minimum atomic E-state index is 0.462. The molecule has 6 heteroatoms. The summed E-state index contributed by atoms with van der Waals surface area (Å²) in [7, 11) is 1.64. The highest BCUT2D eigenvalue weighted by Crippen LogP contribution is 2.28. The fourth-order valence-electron chi connectivity index (χ4n) is 3.36. The predicted octanol–water partition coefficient (Wildman–Crippen LogP) is 4.71. The Hall–Kier alpha value is -2.60. The molecule has 0 radical (unpaired) electrons. The minimum Gasteiger partial charge on any atom is -0.493 e. The van der Waals surface area contributed by atoms with Gasteiger partial charge < -0.3 is 14.8 Å². The molecule has 1 fully saturated rings. The lowest BCUT2D eigenvalue weighted by molar-refractivity contribution is 0.284. The van der Waals surface area contributed by atoms with E-state index >= 15 is 0 Å². The number of hydrogen-bond donors (Lipinski definition) is 2. The Balaban J connectivity index is 1.52. The topological polar surface area (TPSA) is 54.9 Å². The summed E-state index contributed by atoms with van der Waals surface area (Å²) in [5.41, 5.74) is 6.15. The van der Waals surface area contributed by atoms with Gasteiger partial charge in [-0.3, -0.25) is 5.43 Å². The fraction of sp³-hybridized carbons (Fsp3) is 0.391. The lowest BCUT2D eigenvalue weighted by atomic mass is 9.96. The van der Waals surface area contributed by atoms with E-state index in [0.29, 0.717) is 29.3 Å². The predicted molar refractivity (Wildman–Crippen MR) is 122 cm³/mol. The maximum atomic E-state index is 5.92. The summed E-state index contributed by atoms with van der Waals surface area (Å²) in [6, 6.07) is 14.5. The molecule has 5 nitrogen and oxygen atoms in total. The highest BCUT2D eigenvalue weighted by atomic mass is 32.1. The SMILES string of the molecule is COc1cc(/C=N/NC(=S)NC2CCCCC2)ccc1OCc1ccc(C)cc1. The number of thiocarbonyl (C=S) groups is 1. The van der Waals surface area contributed by atoms with E-state index in [4.69, 9.17) is 21.7 Å². The number of aryl methyl sites for hydroxylation is 1. The van der Waals surface area contributed by atoms with Crippen LogP contribution in [0.2, 0.25) is 0 Å². The fourth-order valence-corrected chi connectivity index (χ4v) is 3.58. The van der Waals surface area contributed by atoms with E-state index in [2.05, 4.69) is 47.0 Å². The van der Waals surface area contributed by atoms with Gasteiger partial charge in [0, 0.05) is 6.04 Å². The summed E-state index contributed by atoms with van der Waals surface area (Å²) in [5, 5.41) is 8.14. The van der Waals surface area contributed by atoms with Crippen LogP contribution >= 0.6 is 12.2 Å². The minimum absolute atomic E-state index is 0.462. The van der Waals surface area contributed by atoms with E-state index in [0.717, 1.165) is 11.1 Å². The third kappa shape index (κ3) is 6.75. The molecule has 0 bridgehead atoms. The molecule has 1 aliphatic rings. The van der Waals surface area contributed by atoms with Crippen LogP contribution in [0.15, 0.2) is 47.6 Å². The molecule has 1 saturated carbocycles. The second-order valence-corrected chi connectivity index (χ2v) is 7.77. The quantitative estimate of drug-likeness (QED) is 0.392. The number of rotatable bonds is 7. The number of ether oxygens (including phenoxy) is 2. The zero-order valence-electron chi connectivity index (χ0n) is 17.1. The average molecular weight is 412 g/mol. The van der Waals surface area contributed by atoms with Gasteiger partial charge in [-0.1, -0.05) is 49.1 Å². The summed E-state index contributed by atoms with van der Waals surface area (Å²) in [6.07, 6.45) is 7.92. The average Bonchev–Trinajstić information content (AvgIpc) is 2.74. The first-order valence-corrected chi connectivity index (χ1v) is 10.5. The number of benzene rings is 2. The zero-order chi connectivity index (χ0) is 20.5. The van der Waals surface area contributed by atoms with Crippen LogP contribution in [-0.2, 0) is 6.61 Å². The molecular weight excluding hydrogens is 382 g/mol.